The summed E-state index contributed by atoms with van der Waals surface area (Å²) in [5.74, 6) is 0.0242. The number of aliphatic hydroxyl groups is 1. The molecule has 4 heteroatoms. The van der Waals surface area contributed by atoms with E-state index in [0.717, 1.165) is 23.1 Å². The van der Waals surface area contributed by atoms with E-state index in [0.29, 0.717) is 13.1 Å². The molecular formula is C15H15NO2S. The summed E-state index contributed by atoms with van der Waals surface area (Å²) in [6.45, 7) is 1.04. The topological polar surface area (TPSA) is 40.5 Å². The van der Waals surface area contributed by atoms with Crippen molar-refractivity contribution >= 4 is 17.2 Å². The molecule has 1 amide bonds. The van der Waals surface area contributed by atoms with Crippen LogP contribution in [0.4, 0.5) is 0 Å². The van der Waals surface area contributed by atoms with Gasteiger partial charge in [0.15, 0.2) is 0 Å². The van der Waals surface area contributed by atoms with Crippen molar-refractivity contribution in [3.05, 3.63) is 57.8 Å². The van der Waals surface area contributed by atoms with Crippen LogP contribution in [0.25, 0.3) is 0 Å². The van der Waals surface area contributed by atoms with Gasteiger partial charge >= 0.3 is 0 Å². The normalized spacial score (nSPS) is 16.3. The molecule has 1 aliphatic heterocycles. The van der Waals surface area contributed by atoms with Crippen LogP contribution < -0.4 is 0 Å². The lowest BCUT2D eigenvalue weighted by atomic mass is 9.98. The summed E-state index contributed by atoms with van der Waals surface area (Å²) in [6.07, 6.45) is 0.263. The minimum Gasteiger partial charge on any atom is -0.387 e. The fraction of sp³-hybridized carbons (Fsp3) is 0.267. The van der Waals surface area contributed by atoms with Crippen LogP contribution in [0.1, 0.15) is 27.6 Å². The Balaban J connectivity index is 1.76. The molecule has 1 aliphatic rings. The van der Waals surface area contributed by atoms with E-state index in [1.165, 1.54) is 0 Å². The second-order valence-corrected chi connectivity index (χ2v) is 5.51. The highest BCUT2D eigenvalue weighted by Gasteiger charge is 2.25. The number of hydrogen-bond acceptors (Lipinski definition) is 3. The molecule has 0 fully saturated rings. The van der Waals surface area contributed by atoms with Gasteiger partial charge in [-0.2, -0.15) is 11.3 Å². The first kappa shape index (κ1) is 12.4. The zero-order valence-corrected chi connectivity index (χ0v) is 11.3. The van der Waals surface area contributed by atoms with Crippen LogP contribution in [0, 0.1) is 0 Å². The standard InChI is InChI=1S/C15H15NO2S/c17-14(12-6-8-19-10-12)9-16-7-5-11-3-1-2-4-13(11)15(16)18/h1-4,6,8,10,14,17H,5,7,9H2. The minimum atomic E-state index is -0.597. The van der Waals surface area contributed by atoms with Crippen molar-refractivity contribution < 1.29 is 9.90 Å². The lowest BCUT2D eigenvalue weighted by Gasteiger charge is -2.30. The first-order chi connectivity index (χ1) is 9.25. The predicted molar refractivity (Wildman–Crippen MR) is 75.3 cm³/mol. The number of hydrogen-bond donors (Lipinski definition) is 1. The van der Waals surface area contributed by atoms with Crippen molar-refractivity contribution in [2.45, 2.75) is 12.5 Å². The molecule has 1 aromatic heterocycles. The van der Waals surface area contributed by atoms with Crippen LogP contribution in [0.15, 0.2) is 41.1 Å². The molecule has 1 atom stereocenters. The van der Waals surface area contributed by atoms with Gasteiger partial charge in [0.1, 0.15) is 0 Å². The number of thiophene rings is 1. The summed E-state index contributed by atoms with van der Waals surface area (Å²) in [7, 11) is 0. The number of aliphatic hydroxyl groups excluding tert-OH is 1. The van der Waals surface area contributed by atoms with Gasteiger partial charge in [-0.25, -0.2) is 0 Å². The van der Waals surface area contributed by atoms with Gasteiger partial charge in [-0.05, 0) is 40.4 Å². The lowest BCUT2D eigenvalue weighted by Crippen LogP contribution is -2.40. The third kappa shape index (κ3) is 2.41. The smallest absolute Gasteiger partial charge is 0.254 e. The van der Waals surface area contributed by atoms with Crippen molar-refractivity contribution in [1.82, 2.24) is 4.90 Å². The molecular weight excluding hydrogens is 258 g/mol. The second kappa shape index (κ2) is 5.15. The number of rotatable bonds is 3. The molecule has 2 aromatic rings. The molecule has 98 valence electrons. The molecule has 2 heterocycles. The molecule has 0 radical (unpaired) electrons. The monoisotopic (exact) mass is 273 g/mol. The van der Waals surface area contributed by atoms with Crippen molar-refractivity contribution in [2.24, 2.45) is 0 Å². The van der Waals surface area contributed by atoms with E-state index in [9.17, 15) is 9.90 Å². The summed E-state index contributed by atoms with van der Waals surface area (Å²) in [5.41, 5.74) is 2.76. The molecule has 0 saturated heterocycles. The first-order valence-corrected chi connectivity index (χ1v) is 7.27. The summed E-state index contributed by atoms with van der Waals surface area (Å²) in [6, 6.07) is 9.61. The summed E-state index contributed by atoms with van der Waals surface area (Å²) < 4.78 is 0. The maximum absolute atomic E-state index is 12.3. The van der Waals surface area contributed by atoms with Gasteiger partial charge in [0, 0.05) is 12.1 Å². The van der Waals surface area contributed by atoms with Crippen LogP contribution in [0.3, 0.4) is 0 Å². The minimum absolute atomic E-state index is 0.0242. The fourth-order valence-electron chi connectivity index (χ4n) is 2.43. The Hall–Kier alpha value is -1.65. The van der Waals surface area contributed by atoms with Gasteiger partial charge in [-0.1, -0.05) is 18.2 Å². The lowest BCUT2D eigenvalue weighted by molar-refractivity contribution is 0.0605. The third-order valence-electron chi connectivity index (χ3n) is 3.51. The van der Waals surface area contributed by atoms with E-state index in [2.05, 4.69) is 0 Å². The Morgan fingerprint density at radius 2 is 2.16 bits per heavy atom. The largest absolute Gasteiger partial charge is 0.387 e. The van der Waals surface area contributed by atoms with E-state index < -0.39 is 6.10 Å². The first-order valence-electron chi connectivity index (χ1n) is 6.33. The van der Waals surface area contributed by atoms with Gasteiger partial charge in [-0.15, -0.1) is 0 Å². The molecule has 19 heavy (non-hydrogen) atoms. The van der Waals surface area contributed by atoms with Crippen LogP contribution in [-0.4, -0.2) is 29.0 Å². The fourth-order valence-corrected chi connectivity index (χ4v) is 3.13. The average molecular weight is 273 g/mol. The van der Waals surface area contributed by atoms with Gasteiger partial charge in [0.25, 0.3) is 5.91 Å². The molecule has 0 bridgehead atoms. The van der Waals surface area contributed by atoms with E-state index in [4.69, 9.17) is 0 Å². The number of amides is 1. The average Bonchev–Trinajstić information content (AvgIpc) is 2.96. The van der Waals surface area contributed by atoms with Crippen LogP contribution in [0.5, 0.6) is 0 Å². The number of benzene rings is 1. The molecule has 1 unspecified atom stereocenters. The van der Waals surface area contributed by atoms with Crippen molar-refractivity contribution in [2.75, 3.05) is 13.1 Å². The van der Waals surface area contributed by atoms with Crippen molar-refractivity contribution in [1.29, 1.82) is 0 Å². The van der Waals surface area contributed by atoms with Crippen LogP contribution in [0.2, 0.25) is 0 Å². The van der Waals surface area contributed by atoms with Crippen molar-refractivity contribution in [3.8, 4) is 0 Å². The second-order valence-electron chi connectivity index (χ2n) is 4.73. The Bertz CT molecular complexity index is 580. The third-order valence-corrected chi connectivity index (χ3v) is 4.21. The van der Waals surface area contributed by atoms with Crippen LogP contribution >= 0.6 is 11.3 Å². The zero-order valence-electron chi connectivity index (χ0n) is 10.5. The number of carbonyl (C=O) groups excluding carboxylic acids is 1. The van der Waals surface area contributed by atoms with Gasteiger partial charge in [0.2, 0.25) is 0 Å². The molecule has 3 rings (SSSR count). The quantitative estimate of drug-likeness (QED) is 0.933. The Morgan fingerprint density at radius 3 is 2.95 bits per heavy atom. The van der Waals surface area contributed by atoms with Gasteiger partial charge < -0.3 is 10.0 Å². The highest BCUT2D eigenvalue weighted by atomic mass is 32.1. The predicted octanol–water partition coefficient (Wildman–Crippen LogP) is 2.48. The highest BCUT2D eigenvalue weighted by Crippen LogP contribution is 2.22. The Labute approximate surface area is 116 Å². The van der Waals surface area contributed by atoms with E-state index in [1.807, 2.05) is 41.1 Å². The molecule has 3 nitrogen and oxygen atoms in total. The molecule has 0 spiro atoms. The highest BCUT2D eigenvalue weighted by molar-refractivity contribution is 7.07. The zero-order chi connectivity index (χ0) is 13.2. The Morgan fingerprint density at radius 1 is 1.32 bits per heavy atom. The number of β-amino-alcohol motifs (C(OH)–C–C–N with tert-alkyl or cyclic N) is 1. The summed E-state index contributed by atoms with van der Waals surface area (Å²) in [4.78, 5) is 14.1. The van der Waals surface area contributed by atoms with Gasteiger partial charge in [0.05, 0.1) is 12.6 Å². The van der Waals surface area contributed by atoms with Crippen LogP contribution in [-0.2, 0) is 6.42 Å². The summed E-state index contributed by atoms with van der Waals surface area (Å²) in [5, 5.41) is 14.0. The molecule has 1 N–H and O–H groups in total. The maximum Gasteiger partial charge on any atom is 0.254 e. The van der Waals surface area contributed by atoms with E-state index in [-0.39, 0.29) is 5.91 Å². The summed E-state index contributed by atoms with van der Waals surface area (Å²) >= 11 is 1.56. The number of fused-ring (bicyclic) bond motifs is 1. The number of carbonyl (C=O) groups is 1. The number of nitrogens with zero attached hydrogens (tertiary/aromatic N) is 1. The molecule has 1 aromatic carbocycles. The Kier molecular flexibility index (Phi) is 3.36. The van der Waals surface area contributed by atoms with E-state index in [1.54, 1.807) is 16.2 Å². The van der Waals surface area contributed by atoms with Crippen molar-refractivity contribution in [3.63, 3.8) is 0 Å². The molecule has 0 aliphatic carbocycles. The van der Waals surface area contributed by atoms with E-state index >= 15 is 0 Å². The maximum atomic E-state index is 12.3. The molecule has 0 saturated carbocycles. The SMILES string of the molecule is O=C1c2ccccc2CCN1CC(O)c1ccsc1. The van der Waals surface area contributed by atoms with Gasteiger partial charge in [-0.3, -0.25) is 4.79 Å².